The molecule has 130 valence electrons. The number of hydrogen-bond acceptors (Lipinski definition) is 7. The fourth-order valence-corrected chi connectivity index (χ4v) is 5.51. The third-order valence-electron chi connectivity index (χ3n) is 3.16. The van der Waals surface area contributed by atoms with Gasteiger partial charge in [0.05, 0.1) is 35.8 Å². The van der Waals surface area contributed by atoms with Gasteiger partial charge in [0, 0.05) is 5.75 Å². The lowest BCUT2D eigenvalue weighted by molar-refractivity contribution is -0.153. The molecule has 0 saturated carbocycles. The first kappa shape index (κ1) is 19.0. The van der Waals surface area contributed by atoms with E-state index in [0.29, 0.717) is 5.75 Å². The molecule has 5 nitrogen and oxygen atoms in total. The summed E-state index contributed by atoms with van der Waals surface area (Å²) in [6, 6.07) is 7.80. The molecule has 0 N–H and O–H groups in total. The van der Waals surface area contributed by atoms with Crippen molar-refractivity contribution in [2.24, 2.45) is 5.92 Å². The molecule has 2 unspecified atom stereocenters. The zero-order chi connectivity index (χ0) is 17.5. The van der Waals surface area contributed by atoms with E-state index in [2.05, 4.69) is 4.98 Å². The first-order valence-electron chi connectivity index (χ1n) is 7.61. The fourth-order valence-electron chi connectivity index (χ4n) is 2.09. The number of carbonyl (C=O) groups excluding carboxylic acids is 2. The molecule has 1 aromatic heterocycles. The number of rotatable bonds is 8. The molecule has 0 spiro atoms. The average Bonchev–Trinajstić information content (AvgIpc) is 2.99. The Kier molecular flexibility index (Phi) is 7.26. The van der Waals surface area contributed by atoms with Crippen LogP contribution >= 0.6 is 11.3 Å². The highest BCUT2D eigenvalue weighted by Gasteiger charge is 2.26. The van der Waals surface area contributed by atoms with Crippen molar-refractivity contribution in [1.29, 1.82) is 0 Å². The number of thiazole rings is 1. The summed E-state index contributed by atoms with van der Waals surface area (Å²) in [6.45, 7) is 4.02. The molecule has 0 aliphatic carbocycles. The summed E-state index contributed by atoms with van der Waals surface area (Å²) >= 11 is 7.09. The highest BCUT2D eigenvalue weighted by atomic mass is 32.8. The molecule has 0 amide bonds. The van der Waals surface area contributed by atoms with Crippen molar-refractivity contribution in [2.45, 2.75) is 24.6 Å². The van der Waals surface area contributed by atoms with Crippen molar-refractivity contribution in [3.05, 3.63) is 24.3 Å². The summed E-state index contributed by atoms with van der Waals surface area (Å²) in [5.41, 5.74) is 0.901. The molecule has 0 bridgehead atoms. The van der Waals surface area contributed by atoms with Gasteiger partial charge in [-0.3, -0.25) is 9.59 Å². The normalized spacial score (nSPS) is 13.4. The molecule has 0 aliphatic rings. The summed E-state index contributed by atoms with van der Waals surface area (Å²) in [5, 5.41) is 0. The lowest BCUT2D eigenvalue weighted by atomic mass is 10.1. The molecule has 1 aromatic carbocycles. The molecule has 0 saturated heterocycles. The van der Waals surface area contributed by atoms with Crippen molar-refractivity contribution in [3.63, 3.8) is 0 Å². The van der Waals surface area contributed by atoms with Gasteiger partial charge in [-0.05, 0) is 37.2 Å². The van der Waals surface area contributed by atoms with Crippen LogP contribution in [0.3, 0.4) is 0 Å². The van der Waals surface area contributed by atoms with Crippen molar-refractivity contribution < 1.29 is 19.1 Å². The third-order valence-corrected chi connectivity index (χ3v) is 7.23. The lowest BCUT2D eigenvalue weighted by Gasteiger charge is -2.15. The van der Waals surface area contributed by atoms with Crippen LogP contribution in [0.4, 0.5) is 0 Å². The number of esters is 2. The molecule has 0 aliphatic heterocycles. The predicted octanol–water partition coefficient (Wildman–Crippen LogP) is 2.87. The number of aromatic nitrogens is 1. The Labute approximate surface area is 152 Å². The van der Waals surface area contributed by atoms with Crippen LogP contribution in [-0.4, -0.2) is 35.9 Å². The van der Waals surface area contributed by atoms with Gasteiger partial charge in [-0.1, -0.05) is 21.6 Å². The minimum absolute atomic E-state index is 0.0162. The molecule has 1 heterocycles. The highest BCUT2D eigenvalue weighted by Crippen LogP contribution is 2.25. The summed E-state index contributed by atoms with van der Waals surface area (Å²) in [5.74, 6) is -1.06. The molecular weight excluding hydrogens is 366 g/mol. The van der Waals surface area contributed by atoms with E-state index in [0.717, 1.165) is 14.6 Å². The monoisotopic (exact) mass is 385 g/mol. The minimum Gasteiger partial charge on any atom is -0.466 e. The number of nitrogens with zero attached hydrogens (tertiary/aromatic N) is 1. The van der Waals surface area contributed by atoms with Gasteiger partial charge < -0.3 is 9.47 Å². The Morgan fingerprint density at radius 2 is 1.96 bits per heavy atom. The first-order chi connectivity index (χ1) is 11.5. The van der Waals surface area contributed by atoms with Crippen LogP contribution in [0.1, 0.15) is 20.3 Å². The molecule has 8 heteroatoms. The quantitative estimate of drug-likeness (QED) is 0.651. The van der Waals surface area contributed by atoms with Gasteiger partial charge in [0.15, 0.2) is 4.34 Å². The molecule has 2 atom stereocenters. The fraction of sp³-hybridized carbons (Fsp3) is 0.438. The first-order valence-corrected chi connectivity index (χ1v) is 10.7. The van der Waals surface area contributed by atoms with Crippen LogP contribution in [0.5, 0.6) is 0 Å². The van der Waals surface area contributed by atoms with E-state index < -0.39 is 27.3 Å². The van der Waals surface area contributed by atoms with Gasteiger partial charge in [-0.25, -0.2) is 4.98 Å². The topological polar surface area (TPSA) is 65.5 Å². The highest BCUT2D eigenvalue weighted by molar-refractivity contribution is 8.29. The van der Waals surface area contributed by atoms with Gasteiger partial charge in [0.25, 0.3) is 0 Å². The van der Waals surface area contributed by atoms with Crippen molar-refractivity contribution >= 4 is 54.1 Å². The maximum absolute atomic E-state index is 12.1. The largest absolute Gasteiger partial charge is 0.466 e. The van der Waals surface area contributed by atoms with Gasteiger partial charge in [-0.2, -0.15) is 0 Å². The van der Waals surface area contributed by atoms with E-state index >= 15 is 0 Å². The Morgan fingerprint density at radius 1 is 1.25 bits per heavy atom. The molecule has 2 aromatic rings. The molecular formula is C16H19NO4S3. The smallest absolute Gasteiger partial charge is 0.310 e. The Bertz CT molecular complexity index is 711. The number of hydrogen-bond donors (Lipinski definition) is 0. The SMILES string of the molecule is CCOC(=O)CC(CS(=S)c1nc2ccccc2s1)C(=O)OCC. The zero-order valence-corrected chi connectivity index (χ0v) is 16.0. The second kappa shape index (κ2) is 9.19. The Morgan fingerprint density at radius 3 is 2.62 bits per heavy atom. The van der Waals surface area contributed by atoms with Crippen LogP contribution in [0.15, 0.2) is 28.6 Å². The van der Waals surface area contributed by atoms with Gasteiger partial charge in [0.2, 0.25) is 0 Å². The number of fused-ring (bicyclic) bond motifs is 1. The maximum Gasteiger partial charge on any atom is 0.310 e. The second-order valence-electron chi connectivity index (χ2n) is 4.92. The summed E-state index contributed by atoms with van der Waals surface area (Å²) in [7, 11) is -0.659. The van der Waals surface area contributed by atoms with Gasteiger partial charge in [-0.15, -0.1) is 11.3 Å². The molecule has 0 radical (unpaired) electrons. The molecule has 0 fully saturated rings. The summed E-state index contributed by atoms with van der Waals surface area (Å²) in [6.07, 6.45) is -0.0162. The Balaban J connectivity index is 2.12. The maximum atomic E-state index is 12.1. The number of para-hydroxylation sites is 1. The minimum atomic E-state index is -0.659. The van der Waals surface area contributed by atoms with Crippen LogP contribution in [0.25, 0.3) is 10.2 Å². The van der Waals surface area contributed by atoms with E-state index in [-0.39, 0.29) is 19.6 Å². The number of carbonyl (C=O) groups is 2. The number of benzene rings is 1. The molecule has 24 heavy (non-hydrogen) atoms. The summed E-state index contributed by atoms with van der Waals surface area (Å²) < 4.78 is 11.9. The third kappa shape index (κ3) is 5.06. The van der Waals surface area contributed by atoms with Crippen LogP contribution in [-0.2, 0) is 39.7 Å². The predicted molar refractivity (Wildman–Crippen MR) is 98.9 cm³/mol. The Hall–Kier alpha value is -1.38. The zero-order valence-electron chi connectivity index (χ0n) is 13.5. The lowest BCUT2D eigenvalue weighted by Crippen LogP contribution is -2.27. The average molecular weight is 386 g/mol. The van der Waals surface area contributed by atoms with Crippen LogP contribution < -0.4 is 0 Å². The van der Waals surface area contributed by atoms with E-state index in [4.69, 9.17) is 20.7 Å². The van der Waals surface area contributed by atoms with Crippen LogP contribution in [0, 0.1) is 5.92 Å². The van der Waals surface area contributed by atoms with Crippen molar-refractivity contribution in [1.82, 2.24) is 4.98 Å². The van der Waals surface area contributed by atoms with E-state index in [9.17, 15) is 9.59 Å². The summed E-state index contributed by atoms with van der Waals surface area (Å²) in [4.78, 5) is 28.4. The van der Waals surface area contributed by atoms with Gasteiger partial charge in [0.1, 0.15) is 0 Å². The van der Waals surface area contributed by atoms with E-state index in [1.54, 1.807) is 13.8 Å². The van der Waals surface area contributed by atoms with Gasteiger partial charge >= 0.3 is 11.9 Å². The standard InChI is InChI=1S/C16H19NO4S3/c1-3-20-14(18)9-11(15(19)21-4-2)10-24(22)16-17-12-7-5-6-8-13(12)23-16/h5-8,11H,3-4,9-10H2,1-2H3. The van der Waals surface area contributed by atoms with E-state index in [1.165, 1.54) is 11.3 Å². The number of ether oxygens (including phenoxy) is 2. The van der Waals surface area contributed by atoms with E-state index in [1.807, 2.05) is 24.3 Å². The van der Waals surface area contributed by atoms with Crippen molar-refractivity contribution in [3.8, 4) is 0 Å². The van der Waals surface area contributed by atoms with Crippen LogP contribution in [0.2, 0.25) is 0 Å². The second-order valence-corrected chi connectivity index (χ2v) is 8.83. The van der Waals surface area contributed by atoms with Crippen molar-refractivity contribution in [2.75, 3.05) is 19.0 Å². The molecule has 2 rings (SSSR count).